The number of carbonyl (C=O) groups is 3. The first-order valence-corrected chi connectivity index (χ1v) is 10.2. The summed E-state index contributed by atoms with van der Waals surface area (Å²) in [4.78, 5) is 38.2. The zero-order chi connectivity index (χ0) is 22.2. The van der Waals surface area contributed by atoms with Crippen LogP contribution in [0.5, 0.6) is 11.5 Å². The van der Waals surface area contributed by atoms with Crippen molar-refractivity contribution in [2.45, 2.75) is 19.8 Å². The summed E-state index contributed by atoms with van der Waals surface area (Å²) in [7, 11) is 1.58. The summed E-state index contributed by atoms with van der Waals surface area (Å²) in [6, 6.07) is 13.9. The number of methoxy groups -OCH3 is 1. The Labute approximate surface area is 181 Å². The van der Waals surface area contributed by atoms with Gasteiger partial charge in [-0.3, -0.25) is 14.4 Å². The SMILES string of the molecule is CCCNC(=O)C1CC(=O)N(c2ccc(OCC(=O)Nc3ccc(OC)cc3)cc2)C1. The van der Waals surface area contributed by atoms with E-state index in [0.717, 1.165) is 6.42 Å². The molecule has 0 saturated carbocycles. The molecule has 1 atom stereocenters. The molecule has 3 amide bonds. The second-order valence-corrected chi connectivity index (χ2v) is 7.26. The van der Waals surface area contributed by atoms with Crippen molar-refractivity contribution in [3.8, 4) is 11.5 Å². The third-order valence-electron chi connectivity index (χ3n) is 4.94. The van der Waals surface area contributed by atoms with Crippen LogP contribution in [0.3, 0.4) is 0 Å². The van der Waals surface area contributed by atoms with Gasteiger partial charge in [-0.25, -0.2) is 0 Å². The number of hydrogen-bond donors (Lipinski definition) is 2. The van der Waals surface area contributed by atoms with Crippen molar-refractivity contribution < 1.29 is 23.9 Å². The molecule has 0 aliphatic carbocycles. The van der Waals surface area contributed by atoms with Crippen LogP contribution in [0.25, 0.3) is 0 Å². The highest BCUT2D eigenvalue weighted by Crippen LogP contribution is 2.27. The summed E-state index contributed by atoms with van der Waals surface area (Å²) >= 11 is 0. The molecule has 0 aromatic heterocycles. The normalized spacial score (nSPS) is 15.5. The number of rotatable bonds is 9. The van der Waals surface area contributed by atoms with Gasteiger partial charge >= 0.3 is 0 Å². The fourth-order valence-corrected chi connectivity index (χ4v) is 3.27. The van der Waals surface area contributed by atoms with Crippen LogP contribution in [-0.2, 0) is 14.4 Å². The summed E-state index contributed by atoms with van der Waals surface area (Å²) in [6.07, 6.45) is 1.06. The summed E-state index contributed by atoms with van der Waals surface area (Å²) in [5.74, 6) is 0.433. The minimum absolute atomic E-state index is 0.0795. The van der Waals surface area contributed by atoms with Crippen molar-refractivity contribution in [2.75, 3.05) is 37.0 Å². The van der Waals surface area contributed by atoms with E-state index in [2.05, 4.69) is 10.6 Å². The Morgan fingerprint density at radius 3 is 2.39 bits per heavy atom. The van der Waals surface area contributed by atoms with Crippen LogP contribution >= 0.6 is 0 Å². The first kappa shape index (κ1) is 22.1. The molecule has 1 saturated heterocycles. The molecule has 2 aromatic rings. The number of nitrogens with zero attached hydrogens (tertiary/aromatic N) is 1. The van der Waals surface area contributed by atoms with Crippen molar-refractivity contribution >= 4 is 29.1 Å². The van der Waals surface area contributed by atoms with E-state index in [1.54, 1.807) is 60.5 Å². The first-order valence-electron chi connectivity index (χ1n) is 10.2. The minimum Gasteiger partial charge on any atom is -0.497 e. The van der Waals surface area contributed by atoms with Crippen molar-refractivity contribution in [3.63, 3.8) is 0 Å². The summed E-state index contributed by atoms with van der Waals surface area (Å²) in [5.41, 5.74) is 1.35. The van der Waals surface area contributed by atoms with Gasteiger partial charge in [-0.15, -0.1) is 0 Å². The average molecular weight is 425 g/mol. The van der Waals surface area contributed by atoms with Gasteiger partial charge in [-0.1, -0.05) is 6.92 Å². The molecular formula is C23H27N3O5. The van der Waals surface area contributed by atoms with Crippen molar-refractivity contribution in [1.29, 1.82) is 0 Å². The maximum Gasteiger partial charge on any atom is 0.262 e. The molecule has 8 heteroatoms. The molecule has 164 valence electrons. The lowest BCUT2D eigenvalue weighted by molar-refractivity contribution is -0.126. The van der Waals surface area contributed by atoms with E-state index in [-0.39, 0.29) is 36.7 Å². The van der Waals surface area contributed by atoms with Crippen LogP contribution in [0.2, 0.25) is 0 Å². The van der Waals surface area contributed by atoms with Crippen LogP contribution in [0.4, 0.5) is 11.4 Å². The second-order valence-electron chi connectivity index (χ2n) is 7.26. The fraction of sp³-hybridized carbons (Fsp3) is 0.348. The molecular weight excluding hydrogens is 398 g/mol. The molecule has 0 spiro atoms. The summed E-state index contributed by atoms with van der Waals surface area (Å²) in [6.45, 7) is 2.81. The molecule has 2 aromatic carbocycles. The zero-order valence-electron chi connectivity index (χ0n) is 17.7. The number of carbonyl (C=O) groups excluding carboxylic acids is 3. The molecule has 1 heterocycles. The Morgan fingerprint density at radius 1 is 1.06 bits per heavy atom. The molecule has 3 rings (SSSR count). The molecule has 0 bridgehead atoms. The van der Waals surface area contributed by atoms with E-state index in [0.29, 0.717) is 36.0 Å². The quantitative estimate of drug-likeness (QED) is 0.644. The lowest BCUT2D eigenvalue weighted by Crippen LogP contribution is -2.33. The van der Waals surface area contributed by atoms with Gasteiger partial charge < -0.3 is 25.0 Å². The molecule has 1 aliphatic rings. The third-order valence-corrected chi connectivity index (χ3v) is 4.94. The highest BCUT2D eigenvalue weighted by molar-refractivity contribution is 6.00. The highest BCUT2D eigenvalue weighted by atomic mass is 16.5. The zero-order valence-corrected chi connectivity index (χ0v) is 17.7. The molecule has 0 radical (unpaired) electrons. The Balaban J connectivity index is 1.50. The molecule has 31 heavy (non-hydrogen) atoms. The van der Waals surface area contributed by atoms with Gasteiger partial charge in [-0.2, -0.15) is 0 Å². The van der Waals surface area contributed by atoms with Gasteiger partial charge in [0.15, 0.2) is 6.61 Å². The van der Waals surface area contributed by atoms with Gasteiger partial charge in [0, 0.05) is 30.9 Å². The Kier molecular flexibility index (Phi) is 7.48. The van der Waals surface area contributed by atoms with Crippen LogP contribution in [-0.4, -0.2) is 44.5 Å². The molecule has 8 nitrogen and oxygen atoms in total. The van der Waals surface area contributed by atoms with Crippen molar-refractivity contribution in [3.05, 3.63) is 48.5 Å². The summed E-state index contributed by atoms with van der Waals surface area (Å²) < 4.78 is 10.6. The van der Waals surface area contributed by atoms with Gasteiger partial charge in [0.2, 0.25) is 11.8 Å². The Morgan fingerprint density at radius 2 is 1.74 bits per heavy atom. The van der Waals surface area contributed by atoms with E-state index in [4.69, 9.17) is 9.47 Å². The van der Waals surface area contributed by atoms with E-state index >= 15 is 0 Å². The van der Waals surface area contributed by atoms with E-state index in [1.165, 1.54) is 0 Å². The molecule has 2 N–H and O–H groups in total. The summed E-state index contributed by atoms with van der Waals surface area (Å²) in [5, 5.41) is 5.59. The van der Waals surface area contributed by atoms with Gasteiger partial charge in [0.25, 0.3) is 5.91 Å². The number of hydrogen-bond acceptors (Lipinski definition) is 5. The van der Waals surface area contributed by atoms with Gasteiger partial charge in [0.1, 0.15) is 11.5 Å². The standard InChI is InChI=1S/C23H27N3O5/c1-3-12-24-23(29)16-13-22(28)26(14-16)18-6-10-20(11-7-18)31-15-21(27)25-17-4-8-19(30-2)9-5-17/h4-11,16H,3,12-15H2,1-2H3,(H,24,29)(H,25,27). The van der Waals surface area contributed by atoms with Crippen LogP contribution in [0.1, 0.15) is 19.8 Å². The van der Waals surface area contributed by atoms with Crippen molar-refractivity contribution in [1.82, 2.24) is 5.32 Å². The van der Waals surface area contributed by atoms with Crippen molar-refractivity contribution in [2.24, 2.45) is 5.92 Å². The maximum atomic E-state index is 12.3. The largest absolute Gasteiger partial charge is 0.497 e. The van der Waals surface area contributed by atoms with Gasteiger partial charge in [-0.05, 0) is 55.0 Å². The smallest absolute Gasteiger partial charge is 0.262 e. The second kappa shape index (κ2) is 10.5. The number of benzene rings is 2. The minimum atomic E-state index is -0.336. The Hall–Kier alpha value is -3.55. The predicted molar refractivity (Wildman–Crippen MR) is 117 cm³/mol. The van der Waals surface area contributed by atoms with Crippen LogP contribution < -0.4 is 25.0 Å². The van der Waals surface area contributed by atoms with E-state index in [1.807, 2.05) is 6.92 Å². The fourth-order valence-electron chi connectivity index (χ4n) is 3.27. The molecule has 1 unspecified atom stereocenters. The molecule has 1 fully saturated rings. The maximum absolute atomic E-state index is 12.3. The van der Waals surface area contributed by atoms with Gasteiger partial charge in [0.05, 0.1) is 13.0 Å². The highest BCUT2D eigenvalue weighted by Gasteiger charge is 2.34. The van der Waals surface area contributed by atoms with Crippen LogP contribution in [0, 0.1) is 5.92 Å². The monoisotopic (exact) mass is 425 g/mol. The lowest BCUT2D eigenvalue weighted by atomic mass is 10.1. The third kappa shape index (κ3) is 5.97. The van der Waals surface area contributed by atoms with E-state index < -0.39 is 0 Å². The number of anilines is 2. The number of amides is 3. The predicted octanol–water partition coefficient (Wildman–Crippen LogP) is 2.59. The lowest BCUT2D eigenvalue weighted by Gasteiger charge is -2.17. The average Bonchev–Trinajstić information content (AvgIpc) is 3.18. The number of nitrogens with one attached hydrogen (secondary N) is 2. The topological polar surface area (TPSA) is 97.0 Å². The van der Waals surface area contributed by atoms with Crippen LogP contribution in [0.15, 0.2) is 48.5 Å². The first-order chi connectivity index (χ1) is 15.0. The Bertz CT molecular complexity index is 912. The number of ether oxygens (including phenoxy) is 2. The van der Waals surface area contributed by atoms with E-state index in [9.17, 15) is 14.4 Å². The molecule has 1 aliphatic heterocycles.